The van der Waals surface area contributed by atoms with Crippen LogP contribution in [0.4, 0.5) is 11.4 Å². The fraction of sp³-hybridized carbons (Fsp3) is 0.467. The van der Waals surface area contributed by atoms with Gasteiger partial charge in [-0.3, -0.25) is 13.9 Å². The van der Waals surface area contributed by atoms with Gasteiger partial charge in [0.25, 0.3) is 0 Å². The Labute approximate surface area is 141 Å². The van der Waals surface area contributed by atoms with Gasteiger partial charge in [0.1, 0.15) is 0 Å². The second-order valence-corrected chi connectivity index (χ2v) is 7.97. The molecular formula is C15H23N4O4S+. The molecule has 0 aliphatic carbocycles. The number of rotatable bonds is 5. The van der Waals surface area contributed by atoms with Crippen LogP contribution < -0.4 is 19.8 Å². The molecule has 0 radical (unpaired) electrons. The van der Waals surface area contributed by atoms with Crippen molar-refractivity contribution in [3.63, 3.8) is 0 Å². The van der Waals surface area contributed by atoms with Gasteiger partial charge in [0.15, 0.2) is 0 Å². The van der Waals surface area contributed by atoms with Crippen LogP contribution in [0, 0.1) is 0 Å². The monoisotopic (exact) mass is 355 g/mol. The van der Waals surface area contributed by atoms with E-state index in [9.17, 15) is 18.0 Å². The smallest absolute Gasteiger partial charge is 0.313 e. The van der Waals surface area contributed by atoms with Gasteiger partial charge in [0, 0.05) is 12.2 Å². The van der Waals surface area contributed by atoms with Crippen molar-refractivity contribution in [2.24, 2.45) is 0 Å². The predicted molar refractivity (Wildman–Crippen MR) is 91.5 cm³/mol. The van der Waals surface area contributed by atoms with E-state index in [0.29, 0.717) is 30.9 Å². The second kappa shape index (κ2) is 7.63. The molecule has 0 unspecified atom stereocenters. The van der Waals surface area contributed by atoms with Crippen LogP contribution in [0.5, 0.6) is 0 Å². The second-order valence-electron chi connectivity index (χ2n) is 5.96. The number of carbonyl (C=O) groups is 2. The Morgan fingerprint density at radius 1 is 1.17 bits per heavy atom. The molecule has 1 saturated heterocycles. The summed E-state index contributed by atoms with van der Waals surface area (Å²) in [5.41, 5.74) is 0.998. The Bertz CT molecular complexity index is 701. The average molecular weight is 355 g/mol. The van der Waals surface area contributed by atoms with Gasteiger partial charge in [0.2, 0.25) is 10.0 Å². The summed E-state index contributed by atoms with van der Waals surface area (Å²) in [6.45, 7) is 1.60. The number of benzene rings is 1. The lowest BCUT2D eigenvalue weighted by Crippen LogP contribution is -3.06. The molecule has 0 aromatic heterocycles. The summed E-state index contributed by atoms with van der Waals surface area (Å²) in [7, 11) is 0.678. The minimum atomic E-state index is -3.23. The Kier molecular flexibility index (Phi) is 5.79. The number of likely N-dealkylation sites (N-methyl/N-ethyl adjacent to an activating group) is 1. The maximum atomic E-state index is 11.9. The highest BCUT2D eigenvalue weighted by Gasteiger charge is 2.28. The van der Waals surface area contributed by atoms with E-state index in [4.69, 9.17) is 0 Å². The maximum Gasteiger partial charge on any atom is 0.313 e. The zero-order valence-corrected chi connectivity index (χ0v) is 14.6. The number of carbonyl (C=O) groups excluding carboxylic acids is 2. The lowest BCUT2D eigenvalue weighted by Gasteiger charge is -2.17. The summed E-state index contributed by atoms with van der Waals surface area (Å²) >= 11 is 0. The molecule has 1 fully saturated rings. The van der Waals surface area contributed by atoms with Gasteiger partial charge in [-0.15, -0.1) is 0 Å². The molecule has 1 aromatic rings. The zero-order chi connectivity index (χ0) is 17.7. The summed E-state index contributed by atoms with van der Waals surface area (Å²) in [6.07, 6.45) is 0.607. The lowest BCUT2D eigenvalue weighted by molar-refractivity contribution is -0.856. The van der Waals surface area contributed by atoms with Crippen LogP contribution in [-0.4, -0.2) is 59.7 Å². The summed E-state index contributed by atoms with van der Waals surface area (Å²) in [6, 6.07) is 6.40. The topological polar surface area (TPSA) is 100 Å². The highest BCUT2D eigenvalue weighted by Crippen LogP contribution is 2.25. The Morgan fingerprint density at radius 2 is 1.83 bits per heavy atom. The van der Waals surface area contributed by atoms with E-state index in [2.05, 4.69) is 10.6 Å². The first kappa shape index (κ1) is 18.2. The van der Waals surface area contributed by atoms with Crippen molar-refractivity contribution in [1.82, 2.24) is 5.32 Å². The number of hydrogen-bond donors (Lipinski definition) is 3. The first-order chi connectivity index (χ1) is 11.3. The van der Waals surface area contributed by atoms with E-state index in [1.165, 1.54) is 9.21 Å². The lowest BCUT2D eigenvalue weighted by atomic mass is 10.2. The van der Waals surface area contributed by atoms with Gasteiger partial charge in [-0.05, 0) is 30.7 Å². The molecule has 3 N–H and O–H groups in total. The molecule has 24 heavy (non-hydrogen) atoms. The van der Waals surface area contributed by atoms with Crippen molar-refractivity contribution in [3.8, 4) is 0 Å². The zero-order valence-electron chi connectivity index (χ0n) is 13.8. The van der Waals surface area contributed by atoms with Gasteiger partial charge in [-0.25, -0.2) is 8.42 Å². The molecule has 2 amide bonds. The van der Waals surface area contributed by atoms with E-state index in [1.807, 2.05) is 14.1 Å². The minimum Gasteiger partial charge on any atom is -0.342 e. The van der Waals surface area contributed by atoms with Crippen molar-refractivity contribution < 1.29 is 22.9 Å². The molecule has 2 rings (SSSR count). The van der Waals surface area contributed by atoms with Crippen molar-refractivity contribution in [2.45, 2.75) is 6.42 Å². The minimum absolute atomic E-state index is 0.153. The molecule has 0 bridgehead atoms. The predicted octanol–water partition coefficient (Wildman–Crippen LogP) is -1.57. The normalized spacial score (nSPS) is 16.2. The Balaban J connectivity index is 1.92. The third-order valence-corrected chi connectivity index (χ3v) is 5.50. The molecule has 1 aliphatic rings. The number of amides is 2. The van der Waals surface area contributed by atoms with E-state index >= 15 is 0 Å². The van der Waals surface area contributed by atoms with Crippen molar-refractivity contribution in [2.75, 3.05) is 49.1 Å². The van der Waals surface area contributed by atoms with Gasteiger partial charge < -0.3 is 15.5 Å². The van der Waals surface area contributed by atoms with E-state index in [1.54, 1.807) is 24.3 Å². The number of anilines is 2. The van der Waals surface area contributed by atoms with Crippen LogP contribution in [-0.2, 0) is 19.6 Å². The molecule has 8 nitrogen and oxygen atoms in total. The van der Waals surface area contributed by atoms with Crippen LogP contribution >= 0.6 is 0 Å². The van der Waals surface area contributed by atoms with Crippen molar-refractivity contribution in [3.05, 3.63) is 24.3 Å². The number of hydrogen-bond acceptors (Lipinski definition) is 4. The summed E-state index contributed by atoms with van der Waals surface area (Å²) < 4.78 is 25.1. The fourth-order valence-electron chi connectivity index (χ4n) is 2.33. The van der Waals surface area contributed by atoms with Gasteiger partial charge >= 0.3 is 11.8 Å². The van der Waals surface area contributed by atoms with Crippen LogP contribution in [0.1, 0.15) is 6.42 Å². The molecule has 0 atom stereocenters. The summed E-state index contributed by atoms with van der Waals surface area (Å²) in [5.74, 6) is -1.28. The van der Waals surface area contributed by atoms with E-state index in [-0.39, 0.29) is 5.75 Å². The van der Waals surface area contributed by atoms with E-state index < -0.39 is 21.8 Å². The molecule has 132 valence electrons. The first-order valence-corrected chi connectivity index (χ1v) is 9.39. The summed E-state index contributed by atoms with van der Waals surface area (Å²) in [4.78, 5) is 24.6. The van der Waals surface area contributed by atoms with Crippen LogP contribution in [0.15, 0.2) is 24.3 Å². The molecular weight excluding hydrogens is 332 g/mol. The molecule has 9 heteroatoms. The standard InChI is InChI=1S/C15H22N4O4S/c1-18(2)10-8-16-14(20)15(21)17-12-4-6-13(7-5-12)19-9-3-11-24(19,22)23/h4-7H,3,8-11H2,1-2H3,(H,16,20)(H,17,21)/p+1. The third kappa shape index (κ3) is 4.68. The molecule has 1 aliphatic heterocycles. The molecule has 1 heterocycles. The number of quaternary nitrogens is 1. The number of nitrogens with one attached hydrogen (secondary N) is 3. The van der Waals surface area contributed by atoms with Gasteiger partial charge in [-0.2, -0.15) is 0 Å². The van der Waals surface area contributed by atoms with E-state index in [0.717, 1.165) is 6.54 Å². The van der Waals surface area contributed by atoms with Crippen LogP contribution in [0.2, 0.25) is 0 Å². The number of sulfonamides is 1. The average Bonchev–Trinajstić information content (AvgIpc) is 2.87. The SMILES string of the molecule is C[NH+](C)CCNC(=O)C(=O)Nc1ccc(N2CCCS2(=O)=O)cc1. The number of nitrogens with zero attached hydrogens (tertiary/aromatic N) is 1. The highest BCUT2D eigenvalue weighted by molar-refractivity contribution is 7.93. The maximum absolute atomic E-state index is 11.9. The fourth-order valence-corrected chi connectivity index (χ4v) is 3.90. The highest BCUT2D eigenvalue weighted by atomic mass is 32.2. The largest absolute Gasteiger partial charge is 0.342 e. The molecule has 0 saturated carbocycles. The van der Waals surface area contributed by atoms with Crippen molar-refractivity contribution >= 4 is 33.2 Å². The Hall–Kier alpha value is -2.13. The van der Waals surface area contributed by atoms with Crippen LogP contribution in [0.25, 0.3) is 0 Å². The van der Waals surface area contributed by atoms with Gasteiger partial charge in [-0.1, -0.05) is 0 Å². The van der Waals surface area contributed by atoms with Gasteiger partial charge in [0.05, 0.1) is 38.6 Å². The quantitative estimate of drug-likeness (QED) is 0.556. The summed E-state index contributed by atoms with van der Waals surface area (Å²) in [5, 5.41) is 5.03. The third-order valence-electron chi connectivity index (χ3n) is 3.63. The Morgan fingerprint density at radius 3 is 2.38 bits per heavy atom. The molecule has 0 spiro atoms. The van der Waals surface area contributed by atoms with Crippen LogP contribution in [0.3, 0.4) is 0 Å². The van der Waals surface area contributed by atoms with Crippen molar-refractivity contribution in [1.29, 1.82) is 0 Å². The first-order valence-electron chi connectivity index (χ1n) is 7.78. The molecule has 1 aromatic carbocycles.